The molecular weight excluding hydrogens is 248 g/mol. The number of nitrogens with zero attached hydrogens (tertiary/aromatic N) is 4. The van der Waals surface area contributed by atoms with Gasteiger partial charge in [-0.1, -0.05) is 20.8 Å². The molecule has 0 fully saturated rings. The zero-order valence-electron chi connectivity index (χ0n) is 12.5. The summed E-state index contributed by atoms with van der Waals surface area (Å²) in [6, 6.07) is 1.97. The molecule has 2 heterocycles. The Labute approximate surface area is 120 Å². The molecule has 1 unspecified atom stereocenters. The van der Waals surface area contributed by atoms with E-state index in [1.54, 1.807) is 12.5 Å². The molecule has 0 aliphatic carbocycles. The molecule has 0 amide bonds. The van der Waals surface area contributed by atoms with Crippen LogP contribution in [0, 0.1) is 11.8 Å². The van der Waals surface area contributed by atoms with E-state index >= 15 is 0 Å². The lowest BCUT2D eigenvalue weighted by Crippen LogP contribution is -2.08. The van der Waals surface area contributed by atoms with Crippen LogP contribution in [0.15, 0.2) is 31.0 Å². The normalized spacial score (nSPS) is 12.6. The Morgan fingerprint density at radius 2 is 1.60 bits per heavy atom. The Bertz CT molecular complexity index is 525. The van der Waals surface area contributed by atoms with E-state index in [9.17, 15) is 0 Å². The van der Waals surface area contributed by atoms with Gasteiger partial charge in [0.15, 0.2) is 0 Å². The summed E-state index contributed by atoms with van der Waals surface area (Å²) in [4.78, 5) is 17.2. The van der Waals surface area contributed by atoms with Gasteiger partial charge in [-0.2, -0.15) is 0 Å². The van der Waals surface area contributed by atoms with Crippen LogP contribution in [0.5, 0.6) is 0 Å². The number of rotatable bonds is 6. The largest absolute Gasteiger partial charge is 0.261 e. The second-order valence-electron chi connectivity index (χ2n) is 5.81. The van der Waals surface area contributed by atoms with Crippen LogP contribution in [-0.2, 0) is 19.3 Å². The summed E-state index contributed by atoms with van der Waals surface area (Å²) in [6.45, 7) is 6.62. The molecule has 0 aromatic carbocycles. The number of aromatic nitrogens is 4. The van der Waals surface area contributed by atoms with E-state index in [4.69, 9.17) is 4.98 Å². The van der Waals surface area contributed by atoms with Crippen molar-refractivity contribution in [3.8, 4) is 0 Å². The first-order valence-electron chi connectivity index (χ1n) is 7.18. The number of hydrogen-bond donors (Lipinski definition) is 0. The van der Waals surface area contributed by atoms with Gasteiger partial charge in [-0.25, -0.2) is 9.97 Å². The molecule has 2 aromatic heterocycles. The fourth-order valence-electron chi connectivity index (χ4n) is 2.29. The second kappa shape index (κ2) is 7.08. The minimum Gasteiger partial charge on any atom is -0.261 e. The fourth-order valence-corrected chi connectivity index (χ4v) is 2.29. The van der Waals surface area contributed by atoms with E-state index in [0.29, 0.717) is 11.8 Å². The predicted molar refractivity (Wildman–Crippen MR) is 79.2 cm³/mol. The highest BCUT2D eigenvalue weighted by atomic mass is 14.8. The quantitative estimate of drug-likeness (QED) is 0.810. The monoisotopic (exact) mass is 270 g/mol. The summed E-state index contributed by atoms with van der Waals surface area (Å²) in [5.74, 6) is 1.10. The SMILES string of the molecule is CC(C)Cc1cncc(CC(C)Cc2ccncn2)n1. The van der Waals surface area contributed by atoms with E-state index in [1.807, 2.05) is 18.5 Å². The highest BCUT2D eigenvalue weighted by molar-refractivity contribution is 5.06. The third kappa shape index (κ3) is 4.68. The average Bonchev–Trinajstić information content (AvgIpc) is 2.39. The number of hydrogen-bond acceptors (Lipinski definition) is 4. The van der Waals surface area contributed by atoms with Crippen molar-refractivity contribution in [2.24, 2.45) is 11.8 Å². The molecule has 106 valence electrons. The van der Waals surface area contributed by atoms with Crippen LogP contribution in [0.2, 0.25) is 0 Å². The van der Waals surface area contributed by atoms with Crippen molar-refractivity contribution in [1.29, 1.82) is 0 Å². The van der Waals surface area contributed by atoms with Crippen molar-refractivity contribution < 1.29 is 0 Å². The van der Waals surface area contributed by atoms with Gasteiger partial charge in [-0.3, -0.25) is 9.97 Å². The van der Waals surface area contributed by atoms with E-state index in [2.05, 4.69) is 35.7 Å². The maximum atomic E-state index is 4.70. The zero-order chi connectivity index (χ0) is 14.4. The maximum absolute atomic E-state index is 4.70. The molecule has 0 aliphatic heterocycles. The zero-order valence-corrected chi connectivity index (χ0v) is 12.5. The Balaban J connectivity index is 1.95. The smallest absolute Gasteiger partial charge is 0.115 e. The summed E-state index contributed by atoms with van der Waals surface area (Å²) in [5, 5.41) is 0. The third-order valence-electron chi connectivity index (χ3n) is 3.11. The Morgan fingerprint density at radius 3 is 2.25 bits per heavy atom. The standard InChI is InChI=1S/C16H22N4/c1-12(2)6-15-9-18-10-16(20-15)8-13(3)7-14-4-5-17-11-19-14/h4-5,9-13H,6-8H2,1-3H3. The van der Waals surface area contributed by atoms with Crippen LogP contribution in [-0.4, -0.2) is 19.9 Å². The van der Waals surface area contributed by atoms with Gasteiger partial charge in [0, 0.05) is 24.3 Å². The lowest BCUT2D eigenvalue weighted by molar-refractivity contribution is 0.554. The fraction of sp³-hybridized carbons (Fsp3) is 0.500. The first-order valence-corrected chi connectivity index (χ1v) is 7.18. The van der Waals surface area contributed by atoms with E-state index in [0.717, 1.165) is 36.3 Å². The molecule has 0 bridgehead atoms. The minimum atomic E-state index is 0.494. The molecule has 0 aliphatic rings. The third-order valence-corrected chi connectivity index (χ3v) is 3.11. The highest BCUT2D eigenvalue weighted by Gasteiger charge is 2.08. The first kappa shape index (κ1) is 14.6. The lowest BCUT2D eigenvalue weighted by atomic mass is 9.99. The molecule has 4 heteroatoms. The van der Waals surface area contributed by atoms with E-state index < -0.39 is 0 Å². The molecule has 1 atom stereocenters. The summed E-state index contributed by atoms with van der Waals surface area (Å²) >= 11 is 0. The van der Waals surface area contributed by atoms with Gasteiger partial charge in [-0.15, -0.1) is 0 Å². The topological polar surface area (TPSA) is 51.6 Å². The van der Waals surface area contributed by atoms with Crippen LogP contribution in [0.25, 0.3) is 0 Å². The van der Waals surface area contributed by atoms with Crippen molar-refractivity contribution in [1.82, 2.24) is 19.9 Å². The van der Waals surface area contributed by atoms with Crippen molar-refractivity contribution in [2.45, 2.75) is 40.0 Å². The van der Waals surface area contributed by atoms with Gasteiger partial charge in [0.1, 0.15) is 6.33 Å². The van der Waals surface area contributed by atoms with E-state index in [-0.39, 0.29) is 0 Å². The van der Waals surface area contributed by atoms with Crippen LogP contribution in [0.1, 0.15) is 37.9 Å². The predicted octanol–water partition coefficient (Wildman–Crippen LogP) is 2.89. The van der Waals surface area contributed by atoms with Crippen molar-refractivity contribution in [2.75, 3.05) is 0 Å². The molecule has 2 aromatic rings. The summed E-state index contributed by atoms with van der Waals surface area (Å²) in [7, 11) is 0. The Kier molecular flexibility index (Phi) is 5.16. The minimum absolute atomic E-state index is 0.494. The molecule has 0 saturated heterocycles. The van der Waals surface area contributed by atoms with Crippen LogP contribution >= 0.6 is 0 Å². The van der Waals surface area contributed by atoms with Crippen molar-refractivity contribution >= 4 is 0 Å². The maximum Gasteiger partial charge on any atom is 0.115 e. The molecular formula is C16H22N4. The van der Waals surface area contributed by atoms with Gasteiger partial charge in [0.05, 0.1) is 11.4 Å². The van der Waals surface area contributed by atoms with E-state index in [1.165, 1.54) is 0 Å². The summed E-state index contributed by atoms with van der Waals surface area (Å²) in [5.41, 5.74) is 3.25. The van der Waals surface area contributed by atoms with Gasteiger partial charge in [0.2, 0.25) is 0 Å². The molecule has 0 saturated carbocycles. The highest BCUT2D eigenvalue weighted by Crippen LogP contribution is 2.12. The van der Waals surface area contributed by atoms with Crippen LogP contribution < -0.4 is 0 Å². The summed E-state index contributed by atoms with van der Waals surface area (Å²) < 4.78 is 0. The molecule has 0 N–H and O–H groups in total. The molecule has 0 spiro atoms. The Hall–Kier alpha value is -1.84. The van der Waals surface area contributed by atoms with Gasteiger partial charge in [-0.05, 0) is 37.2 Å². The van der Waals surface area contributed by atoms with Gasteiger partial charge in [0.25, 0.3) is 0 Å². The van der Waals surface area contributed by atoms with Crippen molar-refractivity contribution in [3.05, 3.63) is 48.1 Å². The van der Waals surface area contributed by atoms with Gasteiger partial charge >= 0.3 is 0 Å². The Morgan fingerprint density at radius 1 is 0.900 bits per heavy atom. The molecule has 20 heavy (non-hydrogen) atoms. The second-order valence-corrected chi connectivity index (χ2v) is 5.81. The lowest BCUT2D eigenvalue weighted by Gasteiger charge is -2.11. The van der Waals surface area contributed by atoms with Crippen LogP contribution in [0.4, 0.5) is 0 Å². The van der Waals surface area contributed by atoms with Gasteiger partial charge < -0.3 is 0 Å². The van der Waals surface area contributed by atoms with Crippen LogP contribution in [0.3, 0.4) is 0 Å². The molecule has 2 rings (SSSR count). The summed E-state index contributed by atoms with van der Waals surface area (Å²) in [6.07, 6.45) is 10.0. The molecule has 0 radical (unpaired) electrons. The first-order chi connectivity index (χ1) is 9.63. The molecule has 4 nitrogen and oxygen atoms in total. The average molecular weight is 270 g/mol. The van der Waals surface area contributed by atoms with Crippen molar-refractivity contribution in [3.63, 3.8) is 0 Å².